The SMILES string of the molecule is C[C@@H](NC(=O)OCC1c2ccccc2-c2ccccc21)C(=O)N[C@@H]1CC[C@H](CC(=O)O)C1. The first-order valence-electron chi connectivity index (χ1n) is 11.1. The largest absolute Gasteiger partial charge is 0.481 e. The number of carboxylic acid groups (broad SMARTS) is 1. The molecular formula is C25H28N2O5. The van der Waals surface area contributed by atoms with E-state index in [-0.39, 0.29) is 36.8 Å². The summed E-state index contributed by atoms with van der Waals surface area (Å²) in [4.78, 5) is 35.7. The lowest BCUT2D eigenvalue weighted by atomic mass is 9.98. The summed E-state index contributed by atoms with van der Waals surface area (Å²) in [5.74, 6) is -1.06. The second-order valence-corrected chi connectivity index (χ2v) is 8.67. The summed E-state index contributed by atoms with van der Waals surface area (Å²) >= 11 is 0. The molecule has 0 heterocycles. The molecule has 0 saturated heterocycles. The monoisotopic (exact) mass is 436 g/mol. The lowest BCUT2D eigenvalue weighted by molar-refractivity contribution is -0.138. The van der Waals surface area contributed by atoms with Crippen LogP contribution in [0.15, 0.2) is 48.5 Å². The number of carboxylic acids is 1. The second-order valence-electron chi connectivity index (χ2n) is 8.67. The number of aliphatic carboxylic acids is 1. The van der Waals surface area contributed by atoms with Crippen LogP contribution in [0.25, 0.3) is 11.1 Å². The summed E-state index contributed by atoms with van der Waals surface area (Å²) in [5.41, 5.74) is 4.57. The van der Waals surface area contributed by atoms with E-state index < -0.39 is 18.1 Å². The zero-order valence-corrected chi connectivity index (χ0v) is 18.0. The zero-order valence-electron chi connectivity index (χ0n) is 18.0. The molecular weight excluding hydrogens is 408 g/mol. The number of carbonyl (C=O) groups excluding carboxylic acids is 2. The molecule has 3 atom stereocenters. The minimum Gasteiger partial charge on any atom is -0.481 e. The van der Waals surface area contributed by atoms with Crippen molar-refractivity contribution in [3.05, 3.63) is 59.7 Å². The molecule has 32 heavy (non-hydrogen) atoms. The van der Waals surface area contributed by atoms with Crippen molar-refractivity contribution in [2.45, 2.75) is 50.6 Å². The number of ether oxygens (including phenoxy) is 1. The van der Waals surface area contributed by atoms with E-state index in [0.29, 0.717) is 6.42 Å². The van der Waals surface area contributed by atoms with Gasteiger partial charge in [-0.3, -0.25) is 9.59 Å². The maximum atomic E-state index is 12.5. The summed E-state index contributed by atoms with van der Waals surface area (Å²) in [6, 6.07) is 15.4. The highest BCUT2D eigenvalue weighted by atomic mass is 16.5. The van der Waals surface area contributed by atoms with Crippen LogP contribution < -0.4 is 10.6 Å². The molecule has 0 radical (unpaired) electrons. The predicted molar refractivity (Wildman–Crippen MR) is 119 cm³/mol. The molecule has 0 unspecified atom stereocenters. The van der Waals surface area contributed by atoms with E-state index in [2.05, 4.69) is 34.9 Å². The van der Waals surface area contributed by atoms with E-state index in [0.717, 1.165) is 35.1 Å². The number of fused-ring (bicyclic) bond motifs is 3. The Morgan fingerprint density at radius 1 is 1.03 bits per heavy atom. The van der Waals surface area contributed by atoms with Crippen molar-refractivity contribution in [3.8, 4) is 11.1 Å². The standard InChI is InChI=1S/C25H28N2O5/c1-15(24(30)27-17-11-10-16(12-17)13-23(28)29)26-25(31)32-14-22-20-8-4-2-6-18(20)19-7-3-5-9-21(19)22/h2-9,15-17,22H,10-14H2,1H3,(H,26,31)(H,27,30)(H,28,29)/t15-,16+,17-/m1/s1. The highest BCUT2D eigenvalue weighted by Gasteiger charge is 2.31. The first-order chi connectivity index (χ1) is 15.4. The highest BCUT2D eigenvalue weighted by molar-refractivity contribution is 5.85. The summed E-state index contributed by atoms with van der Waals surface area (Å²) in [6.07, 6.45) is 1.67. The van der Waals surface area contributed by atoms with E-state index in [9.17, 15) is 14.4 Å². The third kappa shape index (κ3) is 4.77. The molecule has 3 N–H and O–H groups in total. The van der Waals surface area contributed by atoms with E-state index in [1.807, 2.05) is 24.3 Å². The van der Waals surface area contributed by atoms with E-state index in [1.165, 1.54) is 0 Å². The topological polar surface area (TPSA) is 105 Å². The molecule has 4 rings (SSSR count). The van der Waals surface area contributed by atoms with Crippen molar-refractivity contribution in [2.24, 2.45) is 5.92 Å². The van der Waals surface area contributed by atoms with Gasteiger partial charge in [0.1, 0.15) is 12.6 Å². The summed E-state index contributed by atoms with van der Waals surface area (Å²) in [7, 11) is 0. The van der Waals surface area contributed by atoms with Crippen molar-refractivity contribution in [1.29, 1.82) is 0 Å². The van der Waals surface area contributed by atoms with Crippen LogP contribution in [0.3, 0.4) is 0 Å². The first-order valence-corrected chi connectivity index (χ1v) is 11.1. The van der Waals surface area contributed by atoms with Gasteiger partial charge in [0, 0.05) is 18.4 Å². The van der Waals surface area contributed by atoms with Crippen molar-refractivity contribution in [1.82, 2.24) is 10.6 Å². The Balaban J connectivity index is 1.28. The number of carbonyl (C=O) groups is 3. The normalized spacial score (nSPS) is 20.2. The van der Waals surface area contributed by atoms with Crippen molar-refractivity contribution < 1.29 is 24.2 Å². The summed E-state index contributed by atoms with van der Waals surface area (Å²) in [6.45, 7) is 1.80. The number of amides is 2. The van der Waals surface area contributed by atoms with Crippen LogP contribution in [0.5, 0.6) is 0 Å². The van der Waals surface area contributed by atoms with Gasteiger partial charge in [0.05, 0.1) is 0 Å². The smallest absolute Gasteiger partial charge is 0.407 e. The summed E-state index contributed by atoms with van der Waals surface area (Å²) in [5, 5.41) is 14.4. The van der Waals surface area contributed by atoms with Crippen molar-refractivity contribution in [2.75, 3.05) is 6.61 Å². The highest BCUT2D eigenvalue weighted by Crippen LogP contribution is 2.44. The Labute approximate surface area is 187 Å². The Morgan fingerprint density at radius 2 is 1.66 bits per heavy atom. The molecule has 1 saturated carbocycles. The van der Waals surface area contributed by atoms with Crippen molar-refractivity contribution in [3.63, 3.8) is 0 Å². The molecule has 2 amide bonds. The molecule has 2 aliphatic carbocycles. The van der Waals surface area contributed by atoms with Gasteiger partial charge in [0.25, 0.3) is 0 Å². The zero-order chi connectivity index (χ0) is 22.7. The Hall–Kier alpha value is -3.35. The van der Waals surface area contributed by atoms with Crippen LogP contribution in [0, 0.1) is 5.92 Å². The van der Waals surface area contributed by atoms with E-state index >= 15 is 0 Å². The van der Waals surface area contributed by atoms with Gasteiger partial charge in [0.15, 0.2) is 0 Å². The average Bonchev–Trinajstić information content (AvgIpc) is 3.33. The molecule has 0 bridgehead atoms. The Morgan fingerprint density at radius 3 is 2.28 bits per heavy atom. The molecule has 7 nitrogen and oxygen atoms in total. The Bertz CT molecular complexity index is 975. The molecule has 2 aromatic rings. The Kier molecular flexibility index (Phi) is 6.44. The molecule has 0 aliphatic heterocycles. The molecule has 0 spiro atoms. The van der Waals surface area contributed by atoms with Crippen molar-refractivity contribution >= 4 is 18.0 Å². The van der Waals surface area contributed by atoms with Gasteiger partial charge < -0.3 is 20.5 Å². The van der Waals surface area contributed by atoms with Gasteiger partial charge in [-0.15, -0.1) is 0 Å². The number of benzene rings is 2. The first kappa shape index (κ1) is 21.9. The third-order valence-electron chi connectivity index (χ3n) is 6.42. The molecule has 2 aliphatic rings. The number of hydrogen-bond donors (Lipinski definition) is 3. The quantitative estimate of drug-likeness (QED) is 0.614. The van der Waals surface area contributed by atoms with Crippen LogP contribution in [-0.4, -0.2) is 41.8 Å². The van der Waals surface area contributed by atoms with Crippen LogP contribution in [0.4, 0.5) is 4.79 Å². The van der Waals surface area contributed by atoms with Gasteiger partial charge in [-0.1, -0.05) is 48.5 Å². The average molecular weight is 437 g/mol. The number of rotatable bonds is 7. The second kappa shape index (κ2) is 9.42. The molecule has 2 aromatic carbocycles. The van der Waals surface area contributed by atoms with Gasteiger partial charge in [-0.05, 0) is 54.4 Å². The molecule has 7 heteroatoms. The lowest BCUT2D eigenvalue weighted by Gasteiger charge is -2.19. The van der Waals surface area contributed by atoms with Crippen LogP contribution >= 0.6 is 0 Å². The minimum absolute atomic E-state index is 0.0399. The molecule has 0 aromatic heterocycles. The summed E-state index contributed by atoms with van der Waals surface area (Å²) < 4.78 is 5.50. The van der Waals surface area contributed by atoms with Gasteiger partial charge in [-0.25, -0.2) is 4.79 Å². The van der Waals surface area contributed by atoms with Crippen LogP contribution in [0.1, 0.15) is 49.7 Å². The number of nitrogens with one attached hydrogen (secondary N) is 2. The maximum absolute atomic E-state index is 12.5. The van der Waals surface area contributed by atoms with Gasteiger partial charge >= 0.3 is 12.1 Å². The fraction of sp³-hybridized carbons (Fsp3) is 0.400. The lowest BCUT2D eigenvalue weighted by Crippen LogP contribution is -2.47. The fourth-order valence-electron chi connectivity index (χ4n) is 4.85. The fourth-order valence-corrected chi connectivity index (χ4v) is 4.85. The van der Waals surface area contributed by atoms with Crippen LogP contribution in [0.2, 0.25) is 0 Å². The maximum Gasteiger partial charge on any atom is 0.407 e. The number of hydrogen-bond acceptors (Lipinski definition) is 4. The van der Waals surface area contributed by atoms with E-state index in [4.69, 9.17) is 9.84 Å². The number of alkyl carbamates (subject to hydrolysis) is 1. The van der Waals surface area contributed by atoms with Gasteiger partial charge in [0.2, 0.25) is 5.91 Å². The molecule has 1 fully saturated rings. The third-order valence-corrected chi connectivity index (χ3v) is 6.42. The molecule has 168 valence electrons. The van der Waals surface area contributed by atoms with Crippen LogP contribution in [-0.2, 0) is 14.3 Å². The van der Waals surface area contributed by atoms with E-state index in [1.54, 1.807) is 6.92 Å². The minimum atomic E-state index is -0.813. The predicted octanol–water partition coefficient (Wildman–Crippen LogP) is 3.67. The van der Waals surface area contributed by atoms with Gasteiger partial charge in [-0.2, -0.15) is 0 Å².